The Morgan fingerprint density at radius 3 is 2.50 bits per heavy atom. The molecular weight excluding hydrogens is 252 g/mol. The van der Waals surface area contributed by atoms with Crippen molar-refractivity contribution in [3.63, 3.8) is 0 Å². The van der Waals surface area contributed by atoms with Gasteiger partial charge in [-0.2, -0.15) is 0 Å². The summed E-state index contributed by atoms with van der Waals surface area (Å²) in [5, 5.41) is 3.18. The summed E-state index contributed by atoms with van der Waals surface area (Å²) in [5.41, 5.74) is 9.17. The predicted molar refractivity (Wildman–Crippen MR) is 80.4 cm³/mol. The molecule has 0 saturated carbocycles. The van der Waals surface area contributed by atoms with E-state index in [2.05, 4.69) is 5.32 Å². The Kier molecular flexibility index (Phi) is 4.25. The summed E-state index contributed by atoms with van der Waals surface area (Å²) in [6, 6.07) is 14.5. The van der Waals surface area contributed by atoms with Crippen LogP contribution in [-0.2, 0) is 9.53 Å². The lowest BCUT2D eigenvalue weighted by atomic mass is 10.1. The summed E-state index contributed by atoms with van der Waals surface area (Å²) in [5.74, 6) is -0.328. The first-order valence-corrected chi connectivity index (χ1v) is 6.37. The lowest BCUT2D eigenvalue weighted by Crippen LogP contribution is -2.22. The van der Waals surface area contributed by atoms with Gasteiger partial charge in [-0.1, -0.05) is 30.3 Å². The Hall–Kier alpha value is -2.49. The molecule has 1 unspecified atom stereocenters. The van der Waals surface area contributed by atoms with Gasteiger partial charge in [0.25, 0.3) is 0 Å². The summed E-state index contributed by atoms with van der Waals surface area (Å²) in [7, 11) is 1.38. The molecule has 0 bridgehead atoms. The molecule has 1 atom stereocenters. The topological polar surface area (TPSA) is 64.3 Å². The highest BCUT2D eigenvalue weighted by Gasteiger charge is 2.21. The second kappa shape index (κ2) is 6.10. The van der Waals surface area contributed by atoms with Gasteiger partial charge in [-0.25, -0.2) is 4.79 Å². The fourth-order valence-electron chi connectivity index (χ4n) is 1.97. The Morgan fingerprint density at radius 1 is 1.20 bits per heavy atom. The molecule has 104 valence electrons. The van der Waals surface area contributed by atoms with Gasteiger partial charge in [-0.05, 0) is 36.2 Å². The molecule has 0 aliphatic rings. The van der Waals surface area contributed by atoms with Crippen molar-refractivity contribution in [3.8, 4) is 0 Å². The normalized spacial score (nSPS) is 11.7. The number of nitrogen functional groups attached to an aromatic ring is 1. The van der Waals surface area contributed by atoms with Gasteiger partial charge in [0, 0.05) is 11.4 Å². The van der Waals surface area contributed by atoms with Crippen LogP contribution in [0.3, 0.4) is 0 Å². The molecule has 0 radical (unpaired) electrons. The lowest BCUT2D eigenvalue weighted by molar-refractivity contribution is -0.141. The largest absolute Gasteiger partial charge is 0.467 e. The van der Waals surface area contributed by atoms with Crippen molar-refractivity contribution in [1.29, 1.82) is 0 Å². The van der Waals surface area contributed by atoms with E-state index in [0.717, 1.165) is 22.5 Å². The van der Waals surface area contributed by atoms with Crippen LogP contribution in [0.15, 0.2) is 48.5 Å². The maximum Gasteiger partial charge on any atom is 0.332 e. The number of methoxy groups -OCH3 is 1. The van der Waals surface area contributed by atoms with Crippen molar-refractivity contribution in [3.05, 3.63) is 59.7 Å². The average Bonchev–Trinajstić information content (AvgIpc) is 2.48. The fraction of sp³-hybridized carbons (Fsp3) is 0.188. The monoisotopic (exact) mass is 270 g/mol. The van der Waals surface area contributed by atoms with Crippen LogP contribution in [0.4, 0.5) is 11.4 Å². The van der Waals surface area contributed by atoms with Gasteiger partial charge in [0.1, 0.15) is 0 Å². The van der Waals surface area contributed by atoms with Gasteiger partial charge in [-0.3, -0.25) is 0 Å². The number of hydrogen-bond donors (Lipinski definition) is 2. The zero-order valence-corrected chi connectivity index (χ0v) is 11.6. The molecule has 0 amide bonds. The number of carbonyl (C=O) groups excluding carboxylic acids is 1. The summed E-state index contributed by atoms with van der Waals surface area (Å²) >= 11 is 0. The molecule has 0 spiro atoms. The van der Waals surface area contributed by atoms with Crippen LogP contribution in [0.1, 0.15) is 17.2 Å². The number of aryl methyl sites for hydroxylation is 1. The Bertz CT molecular complexity index is 597. The molecule has 0 aliphatic carbocycles. The molecule has 20 heavy (non-hydrogen) atoms. The van der Waals surface area contributed by atoms with Gasteiger partial charge >= 0.3 is 5.97 Å². The number of anilines is 2. The second-order valence-corrected chi connectivity index (χ2v) is 4.58. The molecule has 2 aromatic carbocycles. The number of ether oxygens (including phenoxy) is 1. The highest BCUT2D eigenvalue weighted by atomic mass is 16.5. The maximum absolute atomic E-state index is 12.0. The van der Waals surface area contributed by atoms with Crippen LogP contribution in [-0.4, -0.2) is 13.1 Å². The predicted octanol–water partition coefficient (Wildman–Crippen LogP) is 2.90. The van der Waals surface area contributed by atoms with Gasteiger partial charge in [0.15, 0.2) is 6.04 Å². The zero-order valence-electron chi connectivity index (χ0n) is 11.6. The number of nitrogens with two attached hydrogens (primary N) is 1. The van der Waals surface area contributed by atoms with Gasteiger partial charge in [-0.15, -0.1) is 0 Å². The first-order chi connectivity index (χ1) is 9.61. The molecule has 2 aromatic rings. The van der Waals surface area contributed by atoms with Gasteiger partial charge in [0.05, 0.1) is 7.11 Å². The van der Waals surface area contributed by atoms with Gasteiger partial charge < -0.3 is 15.8 Å². The number of carbonyl (C=O) groups is 1. The minimum atomic E-state index is -0.538. The van der Waals surface area contributed by atoms with Crippen molar-refractivity contribution in [2.45, 2.75) is 13.0 Å². The van der Waals surface area contributed by atoms with Crippen LogP contribution in [0.25, 0.3) is 0 Å². The van der Waals surface area contributed by atoms with E-state index in [1.54, 1.807) is 0 Å². The molecule has 0 aromatic heterocycles. The summed E-state index contributed by atoms with van der Waals surface area (Å²) in [6.07, 6.45) is 0. The van der Waals surface area contributed by atoms with Crippen molar-refractivity contribution in [1.82, 2.24) is 0 Å². The van der Waals surface area contributed by atoms with Crippen LogP contribution < -0.4 is 11.1 Å². The van der Waals surface area contributed by atoms with Crippen LogP contribution in [0, 0.1) is 6.92 Å². The molecule has 4 nitrogen and oxygen atoms in total. The highest BCUT2D eigenvalue weighted by molar-refractivity contribution is 5.81. The average molecular weight is 270 g/mol. The van der Waals surface area contributed by atoms with E-state index in [-0.39, 0.29) is 5.97 Å². The molecule has 0 saturated heterocycles. The van der Waals surface area contributed by atoms with Crippen molar-refractivity contribution in [2.24, 2.45) is 0 Å². The third-order valence-electron chi connectivity index (χ3n) is 3.15. The molecule has 2 rings (SSSR count). The summed E-state index contributed by atoms with van der Waals surface area (Å²) in [4.78, 5) is 12.0. The van der Waals surface area contributed by atoms with Crippen molar-refractivity contribution in [2.75, 3.05) is 18.2 Å². The van der Waals surface area contributed by atoms with Gasteiger partial charge in [0.2, 0.25) is 0 Å². The minimum Gasteiger partial charge on any atom is -0.467 e. The van der Waals surface area contributed by atoms with E-state index in [1.807, 2.05) is 55.5 Å². The number of esters is 1. The molecule has 0 fully saturated rings. The van der Waals surface area contributed by atoms with E-state index in [9.17, 15) is 4.79 Å². The number of hydrogen-bond acceptors (Lipinski definition) is 4. The molecule has 4 heteroatoms. The number of benzene rings is 2. The Labute approximate surface area is 118 Å². The smallest absolute Gasteiger partial charge is 0.332 e. The van der Waals surface area contributed by atoms with E-state index in [1.165, 1.54) is 7.11 Å². The van der Waals surface area contributed by atoms with Crippen LogP contribution in [0.5, 0.6) is 0 Å². The van der Waals surface area contributed by atoms with Crippen molar-refractivity contribution < 1.29 is 9.53 Å². The third-order valence-corrected chi connectivity index (χ3v) is 3.15. The Morgan fingerprint density at radius 2 is 1.90 bits per heavy atom. The van der Waals surface area contributed by atoms with E-state index in [4.69, 9.17) is 10.5 Å². The quantitative estimate of drug-likeness (QED) is 0.662. The van der Waals surface area contributed by atoms with Crippen LogP contribution in [0.2, 0.25) is 0 Å². The summed E-state index contributed by atoms with van der Waals surface area (Å²) < 4.78 is 4.87. The number of rotatable bonds is 4. The molecule has 0 aliphatic heterocycles. The maximum atomic E-state index is 12.0. The molecular formula is C16H18N2O2. The van der Waals surface area contributed by atoms with E-state index in [0.29, 0.717) is 0 Å². The minimum absolute atomic E-state index is 0.328. The SMILES string of the molecule is COC(=O)C(Nc1ccc(N)c(C)c1)c1ccccc1. The molecule has 0 heterocycles. The zero-order chi connectivity index (χ0) is 14.5. The number of nitrogens with one attached hydrogen (secondary N) is 1. The second-order valence-electron chi connectivity index (χ2n) is 4.58. The first-order valence-electron chi connectivity index (χ1n) is 6.37. The van der Waals surface area contributed by atoms with E-state index >= 15 is 0 Å². The fourth-order valence-corrected chi connectivity index (χ4v) is 1.97. The standard InChI is InChI=1S/C16H18N2O2/c1-11-10-13(8-9-14(11)17)18-15(16(19)20-2)12-6-4-3-5-7-12/h3-10,15,18H,17H2,1-2H3. The molecule has 3 N–H and O–H groups in total. The van der Waals surface area contributed by atoms with E-state index < -0.39 is 6.04 Å². The third kappa shape index (κ3) is 3.09. The highest BCUT2D eigenvalue weighted by Crippen LogP contribution is 2.23. The summed E-state index contributed by atoms with van der Waals surface area (Å²) in [6.45, 7) is 1.93. The van der Waals surface area contributed by atoms with Crippen LogP contribution >= 0.6 is 0 Å². The lowest BCUT2D eigenvalue weighted by Gasteiger charge is -2.18. The Balaban J connectivity index is 2.28. The van der Waals surface area contributed by atoms with Crippen molar-refractivity contribution >= 4 is 17.3 Å². The first kappa shape index (κ1) is 13.9.